The first-order valence-corrected chi connectivity index (χ1v) is 6.82. The standard InChI is InChI=1S/C15H17F3O4/c1-3-21-13(19)8-5-10-9-11(15(16,17)18)6-7-12(10)14(20)22-4-2/h6-7,9H,3-5,8H2,1-2H3. The van der Waals surface area contributed by atoms with Crippen molar-refractivity contribution < 1.29 is 32.2 Å². The molecule has 0 spiro atoms. The molecule has 4 nitrogen and oxygen atoms in total. The maximum atomic E-state index is 12.8. The first kappa shape index (κ1) is 18.0. The number of esters is 2. The molecular formula is C15H17F3O4. The third-order valence-electron chi connectivity index (χ3n) is 2.83. The van der Waals surface area contributed by atoms with E-state index in [2.05, 4.69) is 0 Å². The fourth-order valence-corrected chi connectivity index (χ4v) is 1.85. The van der Waals surface area contributed by atoms with Crippen LogP contribution in [0.4, 0.5) is 13.2 Å². The van der Waals surface area contributed by atoms with Gasteiger partial charge in [-0.05, 0) is 44.0 Å². The van der Waals surface area contributed by atoms with Crippen LogP contribution in [0, 0.1) is 0 Å². The molecule has 1 aromatic rings. The highest BCUT2D eigenvalue weighted by molar-refractivity contribution is 5.91. The molecule has 22 heavy (non-hydrogen) atoms. The zero-order valence-corrected chi connectivity index (χ0v) is 12.3. The highest BCUT2D eigenvalue weighted by Crippen LogP contribution is 2.31. The van der Waals surface area contributed by atoms with Crippen LogP contribution in [0.1, 0.15) is 41.8 Å². The Labute approximate surface area is 126 Å². The number of rotatable bonds is 6. The fraction of sp³-hybridized carbons (Fsp3) is 0.467. The van der Waals surface area contributed by atoms with Crippen LogP contribution in [0.5, 0.6) is 0 Å². The first-order chi connectivity index (χ1) is 10.3. The highest BCUT2D eigenvalue weighted by atomic mass is 19.4. The van der Waals surface area contributed by atoms with Crippen LogP contribution in [-0.4, -0.2) is 25.2 Å². The topological polar surface area (TPSA) is 52.6 Å². The van der Waals surface area contributed by atoms with Crippen LogP contribution in [0.25, 0.3) is 0 Å². The van der Waals surface area contributed by atoms with Crippen molar-refractivity contribution >= 4 is 11.9 Å². The summed E-state index contributed by atoms with van der Waals surface area (Å²) in [6.07, 6.45) is -4.66. The van der Waals surface area contributed by atoms with Gasteiger partial charge >= 0.3 is 18.1 Å². The van der Waals surface area contributed by atoms with Gasteiger partial charge in [-0.1, -0.05) is 0 Å². The molecule has 0 aromatic heterocycles. The minimum atomic E-state index is -4.52. The summed E-state index contributed by atoms with van der Waals surface area (Å²) >= 11 is 0. The summed E-state index contributed by atoms with van der Waals surface area (Å²) in [5.41, 5.74) is -0.736. The van der Waals surface area contributed by atoms with Gasteiger partial charge in [0.05, 0.1) is 24.3 Å². The largest absolute Gasteiger partial charge is 0.466 e. The predicted molar refractivity (Wildman–Crippen MR) is 72.4 cm³/mol. The SMILES string of the molecule is CCOC(=O)CCc1cc(C(F)(F)F)ccc1C(=O)OCC. The van der Waals surface area contributed by atoms with Crippen LogP contribution in [0.3, 0.4) is 0 Å². The molecule has 0 aliphatic heterocycles. The minimum absolute atomic E-state index is 0.0270. The third kappa shape index (κ3) is 5.05. The zero-order chi connectivity index (χ0) is 16.8. The van der Waals surface area contributed by atoms with Gasteiger partial charge in [-0.3, -0.25) is 4.79 Å². The van der Waals surface area contributed by atoms with Gasteiger partial charge in [-0.15, -0.1) is 0 Å². The number of ether oxygens (including phenoxy) is 2. The van der Waals surface area contributed by atoms with Gasteiger partial charge < -0.3 is 9.47 Å². The Bertz CT molecular complexity index is 538. The monoisotopic (exact) mass is 318 g/mol. The first-order valence-electron chi connectivity index (χ1n) is 6.82. The zero-order valence-electron chi connectivity index (χ0n) is 12.3. The molecule has 0 N–H and O–H groups in total. The lowest BCUT2D eigenvalue weighted by Crippen LogP contribution is -2.13. The van der Waals surface area contributed by atoms with E-state index in [-0.39, 0.29) is 37.2 Å². The Morgan fingerprint density at radius 2 is 1.73 bits per heavy atom. The molecule has 7 heteroatoms. The van der Waals surface area contributed by atoms with Crippen molar-refractivity contribution in [2.45, 2.75) is 32.9 Å². The second-order valence-corrected chi connectivity index (χ2v) is 4.40. The maximum Gasteiger partial charge on any atom is 0.416 e. The van der Waals surface area contributed by atoms with Crippen LogP contribution in [0.2, 0.25) is 0 Å². The molecule has 1 aromatic carbocycles. The number of hydrogen-bond donors (Lipinski definition) is 0. The van der Waals surface area contributed by atoms with Crippen LogP contribution in [0.15, 0.2) is 18.2 Å². The molecule has 1 rings (SSSR count). The molecule has 0 amide bonds. The van der Waals surface area contributed by atoms with Gasteiger partial charge in [0.1, 0.15) is 0 Å². The van der Waals surface area contributed by atoms with Gasteiger partial charge in [0.2, 0.25) is 0 Å². The summed E-state index contributed by atoms with van der Waals surface area (Å²) in [5, 5.41) is 0. The Kier molecular flexibility index (Phi) is 6.39. The van der Waals surface area contributed by atoms with Crippen LogP contribution < -0.4 is 0 Å². The normalized spacial score (nSPS) is 11.1. The number of halogens is 3. The molecule has 0 atom stereocenters. The summed E-state index contributed by atoms with van der Waals surface area (Å²) in [4.78, 5) is 23.1. The van der Waals surface area contributed by atoms with Gasteiger partial charge in [0, 0.05) is 6.42 Å². The van der Waals surface area contributed by atoms with Gasteiger partial charge in [-0.25, -0.2) is 4.79 Å². The van der Waals surface area contributed by atoms with E-state index in [9.17, 15) is 22.8 Å². The number of aryl methyl sites for hydroxylation is 1. The summed E-state index contributed by atoms with van der Waals surface area (Å²) in [5.74, 6) is -1.25. The predicted octanol–water partition coefficient (Wildman–Crippen LogP) is 3.38. The molecule has 0 aliphatic carbocycles. The van der Waals surface area contributed by atoms with E-state index >= 15 is 0 Å². The number of alkyl halides is 3. The Morgan fingerprint density at radius 1 is 1.09 bits per heavy atom. The molecule has 0 bridgehead atoms. The third-order valence-corrected chi connectivity index (χ3v) is 2.83. The number of benzene rings is 1. The van der Waals surface area contributed by atoms with Crippen LogP contribution in [-0.2, 0) is 26.9 Å². The fourth-order valence-electron chi connectivity index (χ4n) is 1.85. The lowest BCUT2D eigenvalue weighted by Gasteiger charge is -2.13. The second kappa shape index (κ2) is 7.82. The van der Waals surface area contributed by atoms with Crippen LogP contribution >= 0.6 is 0 Å². The smallest absolute Gasteiger partial charge is 0.416 e. The van der Waals surface area contributed by atoms with E-state index in [0.29, 0.717) is 0 Å². The average Bonchev–Trinajstić information content (AvgIpc) is 2.44. The molecule has 0 aliphatic rings. The molecule has 0 saturated heterocycles. The molecule has 0 radical (unpaired) electrons. The molecule has 0 fully saturated rings. The van der Waals surface area contributed by atoms with Crippen molar-refractivity contribution in [3.8, 4) is 0 Å². The van der Waals surface area contributed by atoms with Gasteiger partial charge in [-0.2, -0.15) is 13.2 Å². The highest BCUT2D eigenvalue weighted by Gasteiger charge is 2.31. The van der Waals surface area contributed by atoms with E-state index in [1.807, 2.05) is 0 Å². The van der Waals surface area contributed by atoms with E-state index < -0.39 is 23.7 Å². The summed E-state index contributed by atoms with van der Waals surface area (Å²) in [6.45, 7) is 3.52. The van der Waals surface area contributed by atoms with Crippen molar-refractivity contribution in [2.75, 3.05) is 13.2 Å². The molecule has 0 heterocycles. The minimum Gasteiger partial charge on any atom is -0.466 e. The second-order valence-electron chi connectivity index (χ2n) is 4.40. The maximum absolute atomic E-state index is 12.8. The van der Waals surface area contributed by atoms with Crippen molar-refractivity contribution in [2.24, 2.45) is 0 Å². The van der Waals surface area contributed by atoms with E-state index in [1.165, 1.54) is 0 Å². The van der Waals surface area contributed by atoms with Gasteiger partial charge in [0.15, 0.2) is 0 Å². The Balaban J connectivity index is 3.06. The molecule has 0 saturated carbocycles. The van der Waals surface area contributed by atoms with Crippen molar-refractivity contribution in [1.29, 1.82) is 0 Å². The molecular weight excluding hydrogens is 301 g/mol. The number of hydrogen-bond acceptors (Lipinski definition) is 4. The van der Waals surface area contributed by atoms with E-state index in [1.54, 1.807) is 13.8 Å². The van der Waals surface area contributed by atoms with Crippen molar-refractivity contribution in [3.05, 3.63) is 34.9 Å². The van der Waals surface area contributed by atoms with Crippen molar-refractivity contribution in [3.63, 3.8) is 0 Å². The number of carbonyl (C=O) groups excluding carboxylic acids is 2. The summed E-state index contributed by atoms with van der Waals surface area (Å²) < 4.78 is 47.8. The van der Waals surface area contributed by atoms with Crippen molar-refractivity contribution in [1.82, 2.24) is 0 Å². The Morgan fingerprint density at radius 3 is 2.27 bits per heavy atom. The number of carbonyl (C=O) groups is 2. The Hall–Kier alpha value is -2.05. The lowest BCUT2D eigenvalue weighted by molar-refractivity contribution is -0.143. The molecule has 0 unspecified atom stereocenters. The summed E-state index contributed by atoms with van der Waals surface area (Å²) in [6, 6.07) is 2.76. The summed E-state index contributed by atoms with van der Waals surface area (Å²) in [7, 11) is 0. The molecule has 122 valence electrons. The van der Waals surface area contributed by atoms with E-state index in [0.717, 1.165) is 18.2 Å². The lowest BCUT2D eigenvalue weighted by atomic mass is 9.99. The van der Waals surface area contributed by atoms with Gasteiger partial charge in [0.25, 0.3) is 0 Å². The quantitative estimate of drug-likeness (QED) is 0.755. The van der Waals surface area contributed by atoms with E-state index in [4.69, 9.17) is 9.47 Å². The average molecular weight is 318 g/mol.